The van der Waals surface area contributed by atoms with E-state index >= 15 is 0 Å². The van der Waals surface area contributed by atoms with Gasteiger partial charge < -0.3 is 4.74 Å². The third kappa shape index (κ3) is 3.38. The summed E-state index contributed by atoms with van der Waals surface area (Å²) in [4.78, 5) is 37.0. The van der Waals surface area contributed by atoms with Crippen molar-refractivity contribution < 1.29 is 27.5 Å². The molecule has 1 aliphatic heterocycles. The molecule has 0 radical (unpaired) electrons. The number of benzene rings is 3. The lowest BCUT2D eigenvalue weighted by Gasteiger charge is -2.19. The summed E-state index contributed by atoms with van der Waals surface area (Å²) in [5.41, 5.74) is 0.388. The van der Waals surface area contributed by atoms with Crippen molar-refractivity contribution in [3.8, 4) is 0 Å². The van der Waals surface area contributed by atoms with Gasteiger partial charge in [-0.1, -0.05) is 46.3 Å². The highest BCUT2D eigenvalue weighted by Crippen LogP contribution is 2.34. The quantitative estimate of drug-likeness (QED) is 0.322. The lowest BCUT2D eigenvalue weighted by Crippen LogP contribution is -2.21. The van der Waals surface area contributed by atoms with Crippen molar-refractivity contribution in [2.75, 3.05) is 6.61 Å². The molecule has 0 unspecified atom stereocenters. The molecule has 30 heavy (non-hydrogen) atoms. The first-order valence-corrected chi connectivity index (χ1v) is 11.1. The number of hydrogen-bond acceptors (Lipinski definition) is 6. The number of carbonyl (C=O) groups is 3. The fourth-order valence-electron chi connectivity index (χ4n) is 3.19. The lowest BCUT2D eigenvalue weighted by molar-refractivity contribution is 0.0474. The predicted molar refractivity (Wildman–Crippen MR) is 111 cm³/mol. The molecule has 1 heterocycles. The van der Waals surface area contributed by atoms with Crippen molar-refractivity contribution in [2.24, 2.45) is 0 Å². The maximum atomic E-state index is 12.9. The summed E-state index contributed by atoms with van der Waals surface area (Å²) in [6, 6.07) is 16.4. The highest BCUT2D eigenvalue weighted by molar-refractivity contribution is 9.10. The number of fused-ring (bicyclic) bond motifs is 2. The zero-order chi connectivity index (χ0) is 21.5. The number of sulfone groups is 1. The van der Waals surface area contributed by atoms with Crippen LogP contribution in [0.3, 0.4) is 0 Å². The molecule has 0 aliphatic carbocycles. The monoisotopic (exact) mass is 484 g/mol. The van der Waals surface area contributed by atoms with Gasteiger partial charge in [-0.05, 0) is 36.4 Å². The standard InChI is InChI=1S/C22H13BrO6S/c23-17-7-3-1-5-14(17)18(24)12-29-22(26)13-9-10-16-20(11-13)30(27,28)19-8-4-2-6-15(19)21(16)25/h1-11H,12H2. The number of ether oxygens (including phenoxy) is 1. The van der Waals surface area contributed by atoms with Crippen LogP contribution in [0.2, 0.25) is 0 Å². The van der Waals surface area contributed by atoms with Gasteiger partial charge in [-0.3, -0.25) is 9.59 Å². The molecule has 0 fully saturated rings. The molecule has 0 atom stereocenters. The van der Waals surface area contributed by atoms with Gasteiger partial charge in [0.1, 0.15) is 0 Å². The molecule has 0 N–H and O–H groups in total. The number of ketones is 2. The average molecular weight is 485 g/mol. The smallest absolute Gasteiger partial charge is 0.338 e. The molecule has 4 rings (SSSR count). The van der Waals surface area contributed by atoms with Crippen LogP contribution in [0.4, 0.5) is 0 Å². The van der Waals surface area contributed by atoms with E-state index in [0.29, 0.717) is 10.0 Å². The maximum absolute atomic E-state index is 12.9. The normalized spacial score (nSPS) is 13.8. The third-order valence-corrected chi connectivity index (χ3v) is 7.22. The molecule has 3 aromatic carbocycles. The van der Waals surface area contributed by atoms with Crippen LogP contribution in [-0.2, 0) is 14.6 Å². The van der Waals surface area contributed by atoms with Crippen molar-refractivity contribution in [3.05, 3.63) is 93.5 Å². The highest BCUT2D eigenvalue weighted by Gasteiger charge is 2.35. The number of esters is 1. The predicted octanol–water partition coefficient (Wildman–Crippen LogP) is 3.87. The van der Waals surface area contributed by atoms with Gasteiger partial charge in [-0.2, -0.15) is 0 Å². The van der Waals surface area contributed by atoms with Crippen LogP contribution in [0.15, 0.2) is 81.0 Å². The topological polar surface area (TPSA) is 94.6 Å². The van der Waals surface area contributed by atoms with Crippen LogP contribution in [0.1, 0.15) is 36.6 Å². The van der Waals surface area contributed by atoms with Crippen molar-refractivity contribution in [2.45, 2.75) is 9.79 Å². The fourth-order valence-corrected chi connectivity index (χ4v) is 5.37. The van der Waals surface area contributed by atoms with Gasteiger partial charge in [0.05, 0.1) is 15.4 Å². The van der Waals surface area contributed by atoms with Gasteiger partial charge in [-0.25, -0.2) is 13.2 Å². The zero-order valence-corrected chi connectivity index (χ0v) is 17.7. The second-order valence-electron chi connectivity index (χ2n) is 6.52. The molecule has 0 bridgehead atoms. The van der Waals surface area contributed by atoms with Crippen LogP contribution in [0, 0.1) is 0 Å². The summed E-state index contributed by atoms with van der Waals surface area (Å²) >= 11 is 3.26. The van der Waals surface area contributed by atoms with E-state index in [0.717, 1.165) is 6.07 Å². The summed E-state index contributed by atoms with van der Waals surface area (Å²) < 4.78 is 31.5. The minimum Gasteiger partial charge on any atom is -0.454 e. The van der Waals surface area contributed by atoms with Crippen LogP contribution in [-0.4, -0.2) is 32.6 Å². The summed E-state index contributed by atoms with van der Waals surface area (Å²) in [6.07, 6.45) is 0. The minimum absolute atomic E-state index is 0.00505. The SMILES string of the molecule is O=C(OCC(=O)c1ccccc1Br)c1ccc2c(c1)S(=O)(=O)c1ccccc1C2=O. The number of carbonyl (C=O) groups excluding carboxylic acids is 3. The third-order valence-electron chi connectivity index (χ3n) is 4.68. The average Bonchev–Trinajstić information content (AvgIpc) is 2.76. The van der Waals surface area contributed by atoms with Crippen LogP contribution >= 0.6 is 15.9 Å². The molecule has 0 aromatic heterocycles. The van der Waals surface area contributed by atoms with Crippen molar-refractivity contribution in [3.63, 3.8) is 0 Å². The molecular weight excluding hydrogens is 472 g/mol. The largest absolute Gasteiger partial charge is 0.454 e. The molecule has 1 aliphatic rings. The van der Waals surface area contributed by atoms with E-state index in [4.69, 9.17) is 4.74 Å². The van der Waals surface area contributed by atoms with E-state index in [1.54, 1.807) is 30.3 Å². The Labute approximate surface area is 180 Å². The summed E-state index contributed by atoms with van der Waals surface area (Å²) in [7, 11) is -3.97. The van der Waals surface area contributed by atoms with E-state index in [9.17, 15) is 22.8 Å². The first kappa shape index (κ1) is 20.2. The molecule has 6 nitrogen and oxygen atoms in total. The molecule has 3 aromatic rings. The van der Waals surface area contributed by atoms with E-state index in [1.807, 2.05) is 0 Å². The molecule has 0 spiro atoms. The summed E-state index contributed by atoms with van der Waals surface area (Å²) in [5.74, 6) is -1.70. The molecule has 150 valence electrons. The highest BCUT2D eigenvalue weighted by atomic mass is 79.9. The van der Waals surface area contributed by atoms with Gasteiger partial charge in [0.25, 0.3) is 0 Å². The summed E-state index contributed by atoms with van der Waals surface area (Å²) in [6.45, 7) is -0.507. The Balaban J connectivity index is 1.61. The van der Waals surface area contributed by atoms with E-state index in [-0.39, 0.29) is 26.5 Å². The number of halogens is 1. The van der Waals surface area contributed by atoms with Gasteiger partial charge in [0, 0.05) is 21.2 Å². The molecule has 0 saturated heterocycles. The Morgan fingerprint density at radius 1 is 0.867 bits per heavy atom. The van der Waals surface area contributed by atoms with E-state index in [1.165, 1.54) is 30.3 Å². The molecule has 0 amide bonds. The number of hydrogen-bond donors (Lipinski definition) is 0. The second kappa shape index (κ2) is 7.62. The zero-order valence-electron chi connectivity index (χ0n) is 15.3. The Kier molecular flexibility index (Phi) is 5.13. The van der Waals surface area contributed by atoms with Crippen LogP contribution in [0.25, 0.3) is 0 Å². The first-order chi connectivity index (χ1) is 14.3. The Hall–Kier alpha value is -3.10. The van der Waals surface area contributed by atoms with Gasteiger partial charge in [0.15, 0.2) is 12.4 Å². The van der Waals surface area contributed by atoms with Gasteiger partial charge in [-0.15, -0.1) is 0 Å². The van der Waals surface area contributed by atoms with E-state index < -0.39 is 34.0 Å². The maximum Gasteiger partial charge on any atom is 0.338 e. The first-order valence-electron chi connectivity index (χ1n) is 8.78. The molecule has 8 heteroatoms. The number of rotatable bonds is 4. The lowest BCUT2D eigenvalue weighted by atomic mass is 10.0. The Bertz CT molecular complexity index is 1330. The summed E-state index contributed by atoms with van der Waals surface area (Å²) in [5, 5.41) is 0. The molecule has 0 saturated carbocycles. The van der Waals surface area contributed by atoms with E-state index in [2.05, 4.69) is 15.9 Å². The minimum atomic E-state index is -3.97. The number of Topliss-reactive ketones (excluding diaryl/α,β-unsaturated/α-hetero) is 1. The Morgan fingerprint density at radius 3 is 2.30 bits per heavy atom. The fraction of sp³-hybridized carbons (Fsp3) is 0.0455. The van der Waals surface area contributed by atoms with Crippen molar-refractivity contribution in [1.29, 1.82) is 0 Å². The van der Waals surface area contributed by atoms with Crippen molar-refractivity contribution in [1.82, 2.24) is 0 Å². The van der Waals surface area contributed by atoms with Crippen LogP contribution < -0.4 is 0 Å². The van der Waals surface area contributed by atoms with Gasteiger partial charge >= 0.3 is 5.97 Å². The second-order valence-corrected chi connectivity index (χ2v) is 9.26. The molecular formula is C22H13BrO6S. The van der Waals surface area contributed by atoms with Crippen molar-refractivity contribution >= 4 is 43.3 Å². The van der Waals surface area contributed by atoms with Crippen LogP contribution in [0.5, 0.6) is 0 Å². The van der Waals surface area contributed by atoms with Gasteiger partial charge in [0.2, 0.25) is 15.6 Å². The Morgan fingerprint density at radius 2 is 1.53 bits per heavy atom.